The number of hydrogen-bond acceptors (Lipinski definition) is 2. The Balaban J connectivity index is 0.944. The number of furan rings is 1. The SMILES string of the molecule is c1ccc(-c2cccc(N(c3cccc(-c4ccc(-c5cccc6c5c5ccccc5c5c6c(-c6ccccc6)c6ccccn65)cc4)c3)c3ccc4c(c3)oc3ccccc34)c2)cc1. The third-order valence-corrected chi connectivity index (χ3v) is 13.2. The Labute approximate surface area is 376 Å². The van der Waals surface area contributed by atoms with Crippen LogP contribution in [0, 0.1) is 0 Å². The maximum atomic E-state index is 6.43. The molecule has 0 aliphatic carbocycles. The summed E-state index contributed by atoms with van der Waals surface area (Å²) in [5.74, 6) is 0. The molecular weight excluding hydrogens is 789 g/mol. The second kappa shape index (κ2) is 15.0. The van der Waals surface area contributed by atoms with Gasteiger partial charge in [-0.05, 0) is 110 Å². The average molecular weight is 829 g/mol. The van der Waals surface area contributed by atoms with Gasteiger partial charge in [0.1, 0.15) is 11.2 Å². The number of anilines is 3. The molecule has 0 saturated carbocycles. The maximum Gasteiger partial charge on any atom is 0.137 e. The van der Waals surface area contributed by atoms with E-state index in [0.29, 0.717) is 0 Å². The van der Waals surface area contributed by atoms with Crippen LogP contribution in [0.1, 0.15) is 0 Å². The largest absolute Gasteiger partial charge is 0.456 e. The molecule has 3 aromatic heterocycles. The highest BCUT2D eigenvalue weighted by Crippen LogP contribution is 2.47. The smallest absolute Gasteiger partial charge is 0.137 e. The summed E-state index contributed by atoms with van der Waals surface area (Å²) >= 11 is 0. The zero-order valence-electron chi connectivity index (χ0n) is 35.4. The quantitative estimate of drug-likeness (QED) is 0.149. The van der Waals surface area contributed by atoms with E-state index in [4.69, 9.17) is 4.42 Å². The van der Waals surface area contributed by atoms with E-state index >= 15 is 0 Å². The van der Waals surface area contributed by atoms with E-state index in [1.54, 1.807) is 0 Å². The Kier molecular flexibility index (Phi) is 8.53. The Morgan fingerprint density at radius 2 is 0.877 bits per heavy atom. The minimum Gasteiger partial charge on any atom is -0.456 e. The Bertz CT molecular complexity index is 3940. The summed E-state index contributed by atoms with van der Waals surface area (Å²) < 4.78 is 8.81. The molecule has 0 aliphatic heterocycles. The highest BCUT2D eigenvalue weighted by molar-refractivity contribution is 6.32. The van der Waals surface area contributed by atoms with Crippen LogP contribution in [0.5, 0.6) is 0 Å². The first-order valence-corrected chi connectivity index (χ1v) is 22.2. The van der Waals surface area contributed by atoms with Crippen molar-refractivity contribution in [3.05, 3.63) is 243 Å². The van der Waals surface area contributed by atoms with Crippen molar-refractivity contribution >= 4 is 77.0 Å². The number of pyridine rings is 1. The van der Waals surface area contributed by atoms with E-state index in [1.807, 2.05) is 12.1 Å². The second-order valence-electron chi connectivity index (χ2n) is 16.9. The van der Waals surface area contributed by atoms with Crippen LogP contribution >= 0.6 is 0 Å². The first-order chi connectivity index (χ1) is 32.2. The van der Waals surface area contributed by atoms with Crippen LogP contribution < -0.4 is 4.90 Å². The van der Waals surface area contributed by atoms with Gasteiger partial charge in [-0.25, -0.2) is 0 Å². The molecule has 13 rings (SSSR count). The van der Waals surface area contributed by atoms with Crippen LogP contribution in [0.15, 0.2) is 247 Å². The minimum atomic E-state index is 0.864. The van der Waals surface area contributed by atoms with Gasteiger partial charge in [0.15, 0.2) is 0 Å². The molecule has 0 unspecified atom stereocenters. The van der Waals surface area contributed by atoms with Crippen LogP contribution in [-0.2, 0) is 0 Å². The molecule has 3 heteroatoms. The second-order valence-corrected chi connectivity index (χ2v) is 16.9. The predicted octanol–water partition coefficient (Wildman–Crippen LogP) is 17.4. The zero-order chi connectivity index (χ0) is 42.8. The molecule has 304 valence electrons. The molecule has 65 heavy (non-hydrogen) atoms. The molecule has 0 amide bonds. The van der Waals surface area contributed by atoms with Crippen LogP contribution in [0.25, 0.3) is 104 Å². The van der Waals surface area contributed by atoms with E-state index in [1.165, 1.54) is 65.8 Å². The molecule has 0 aliphatic rings. The fourth-order valence-electron chi connectivity index (χ4n) is 10.3. The van der Waals surface area contributed by atoms with Crippen molar-refractivity contribution in [1.29, 1.82) is 0 Å². The molecule has 0 bridgehead atoms. The maximum absolute atomic E-state index is 6.43. The molecule has 0 fully saturated rings. The topological polar surface area (TPSA) is 20.8 Å². The van der Waals surface area contributed by atoms with Crippen molar-refractivity contribution in [2.45, 2.75) is 0 Å². The first kappa shape index (κ1) is 36.9. The molecule has 13 aromatic rings. The predicted molar refractivity (Wildman–Crippen MR) is 274 cm³/mol. The fraction of sp³-hybridized carbons (Fsp3) is 0. The lowest BCUT2D eigenvalue weighted by atomic mass is 9.89. The molecule has 0 atom stereocenters. The van der Waals surface area contributed by atoms with Gasteiger partial charge in [-0.3, -0.25) is 0 Å². The van der Waals surface area contributed by atoms with Gasteiger partial charge in [0, 0.05) is 56.4 Å². The lowest BCUT2D eigenvalue weighted by Gasteiger charge is -2.26. The van der Waals surface area contributed by atoms with Gasteiger partial charge in [-0.15, -0.1) is 0 Å². The lowest BCUT2D eigenvalue weighted by molar-refractivity contribution is 0.669. The Hall–Kier alpha value is -8.66. The zero-order valence-corrected chi connectivity index (χ0v) is 35.4. The van der Waals surface area contributed by atoms with Crippen molar-refractivity contribution in [3.8, 4) is 44.5 Å². The summed E-state index contributed by atoms with van der Waals surface area (Å²) in [6, 6.07) is 85.4. The van der Waals surface area contributed by atoms with Crippen molar-refractivity contribution in [3.63, 3.8) is 0 Å². The summed E-state index contributed by atoms with van der Waals surface area (Å²) in [5, 5.41) is 8.54. The van der Waals surface area contributed by atoms with Crippen LogP contribution in [-0.4, -0.2) is 4.40 Å². The van der Waals surface area contributed by atoms with Crippen LogP contribution in [0.4, 0.5) is 17.1 Å². The number of aromatic nitrogens is 1. The Morgan fingerprint density at radius 1 is 0.323 bits per heavy atom. The molecule has 0 spiro atoms. The molecular formula is C62H40N2O. The standard InChI is InChI=1S/C62H40N2O/c1-3-16-41(17-4-1)45-20-13-22-47(38-45)64(49-35-36-52-51-24-9-10-30-57(51)65-58(52)40-49)48-23-14-21-46(39-48)42-31-33-43(34-32-42)50-27-15-28-55-60(50)53-25-7-8-26-54(53)62-61(55)59(44-18-5-2-6-19-44)56-29-11-12-37-63(56)62/h1-40H. The first-order valence-electron chi connectivity index (χ1n) is 22.2. The molecule has 0 radical (unpaired) electrons. The summed E-state index contributed by atoms with van der Waals surface area (Å²) in [4.78, 5) is 2.34. The van der Waals surface area contributed by atoms with Crippen molar-refractivity contribution in [1.82, 2.24) is 4.40 Å². The number of para-hydroxylation sites is 1. The summed E-state index contributed by atoms with van der Waals surface area (Å²) in [6.07, 6.45) is 2.21. The van der Waals surface area contributed by atoms with Crippen LogP contribution in [0.3, 0.4) is 0 Å². The van der Waals surface area contributed by atoms with E-state index in [2.05, 4.69) is 240 Å². The molecule has 0 N–H and O–H groups in total. The fourth-order valence-corrected chi connectivity index (χ4v) is 10.3. The van der Waals surface area contributed by atoms with Gasteiger partial charge in [0.25, 0.3) is 0 Å². The minimum absolute atomic E-state index is 0.864. The number of fused-ring (bicyclic) bond motifs is 11. The lowest BCUT2D eigenvalue weighted by Crippen LogP contribution is -2.10. The van der Waals surface area contributed by atoms with Gasteiger partial charge in [0.05, 0.1) is 11.0 Å². The van der Waals surface area contributed by atoms with Crippen LogP contribution in [0.2, 0.25) is 0 Å². The number of rotatable bonds is 7. The number of hydrogen-bond donors (Lipinski definition) is 0. The van der Waals surface area contributed by atoms with E-state index in [-0.39, 0.29) is 0 Å². The highest BCUT2D eigenvalue weighted by atomic mass is 16.3. The van der Waals surface area contributed by atoms with Gasteiger partial charge in [-0.2, -0.15) is 0 Å². The molecule has 3 heterocycles. The Morgan fingerprint density at radius 3 is 1.63 bits per heavy atom. The monoisotopic (exact) mass is 828 g/mol. The van der Waals surface area contributed by atoms with Crippen molar-refractivity contribution in [2.75, 3.05) is 4.90 Å². The number of nitrogens with zero attached hydrogens (tertiary/aromatic N) is 2. The summed E-state index contributed by atoms with van der Waals surface area (Å²) in [6.45, 7) is 0. The molecule has 10 aromatic carbocycles. The average Bonchev–Trinajstić information content (AvgIpc) is 3.93. The summed E-state index contributed by atoms with van der Waals surface area (Å²) in [5.41, 5.74) is 16.9. The summed E-state index contributed by atoms with van der Waals surface area (Å²) in [7, 11) is 0. The van der Waals surface area contributed by atoms with E-state index in [0.717, 1.165) is 55.7 Å². The molecule has 0 saturated heterocycles. The van der Waals surface area contributed by atoms with Crippen molar-refractivity contribution < 1.29 is 4.42 Å². The third kappa shape index (κ3) is 6.05. The van der Waals surface area contributed by atoms with Gasteiger partial charge >= 0.3 is 0 Å². The normalized spacial score (nSPS) is 11.7. The van der Waals surface area contributed by atoms with Gasteiger partial charge < -0.3 is 13.7 Å². The molecule has 3 nitrogen and oxygen atoms in total. The van der Waals surface area contributed by atoms with E-state index < -0.39 is 0 Å². The van der Waals surface area contributed by atoms with Gasteiger partial charge in [-0.1, -0.05) is 176 Å². The van der Waals surface area contributed by atoms with Gasteiger partial charge in [0.2, 0.25) is 0 Å². The number of benzene rings is 10. The van der Waals surface area contributed by atoms with E-state index in [9.17, 15) is 0 Å². The van der Waals surface area contributed by atoms with Crippen molar-refractivity contribution in [2.24, 2.45) is 0 Å². The highest BCUT2D eigenvalue weighted by Gasteiger charge is 2.22. The third-order valence-electron chi connectivity index (χ3n) is 13.2.